The Morgan fingerprint density at radius 2 is 2.38 bits per heavy atom. The first kappa shape index (κ1) is 11.2. The molecule has 1 aromatic rings. The van der Waals surface area contributed by atoms with Gasteiger partial charge in [0.05, 0.1) is 5.56 Å². The predicted octanol–water partition coefficient (Wildman–Crippen LogP) is 0.721. The lowest BCUT2D eigenvalue weighted by Crippen LogP contribution is -2.29. The van der Waals surface area contributed by atoms with E-state index in [1.807, 2.05) is 0 Å². The molecular weight excluding hydrogens is 274 g/mol. The van der Waals surface area contributed by atoms with Gasteiger partial charge in [-0.3, -0.25) is 14.5 Å². The molecule has 16 heavy (non-hydrogen) atoms. The number of hydrogen-bond donors (Lipinski definition) is 1. The minimum atomic E-state index is -0.183. The molecule has 1 aliphatic rings. The highest BCUT2D eigenvalue weighted by Gasteiger charge is 2.30. The second kappa shape index (κ2) is 4.31. The van der Waals surface area contributed by atoms with Crippen molar-refractivity contribution in [1.82, 2.24) is 4.98 Å². The van der Waals surface area contributed by atoms with Crippen LogP contribution in [0, 0.1) is 0 Å². The molecule has 0 aromatic carbocycles. The van der Waals surface area contributed by atoms with E-state index in [4.69, 9.17) is 5.73 Å². The fourth-order valence-electron chi connectivity index (χ4n) is 1.70. The fourth-order valence-corrected chi connectivity index (χ4v) is 2.05. The maximum Gasteiger partial charge on any atom is 0.229 e. The number of rotatable bonds is 2. The van der Waals surface area contributed by atoms with Gasteiger partial charge in [-0.15, -0.1) is 0 Å². The van der Waals surface area contributed by atoms with Gasteiger partial charge in [-0.2, -0.15) is 0 Å². The van der Waals surface area contributed by atoms with Crippen LogP contribution in [0.1, 0.15) is 16.8 Å². The standard InChI is InChI=1S/C10H10BrN3O2/c11-7-1-6(5-15)10(13-3-7)14-4-8(12)2-9(14)16/h1,3,5,8H,2,4,12H2. The Labute approximate surface area is 101 Å². The number of nitrogens with two attached hydrogens (primary N) is 1. The first-order valence-corrected chi connectivity index (χ1v) is 5.58. The minimum absolute atomic E-state index is 0.0922. The van der Waals surface area contributed by atoms with Gasteiger partial charge in [0, 0.05) is 29.7 Å². The van der Waals surface area contributed by atoms with Crippen LogP contribution < -0.4 is 10.6 Å². The maximum atomic E-state index is 11.6. The third kappa shape index (κ3) is 1.98. The van der Waals surface area contributed by atoms with E-state index in [1.165, 1.54) is 4.90 Å². The Morgan fingerprint density at radius 1 is 1.62 bits per heavy atom. The van der Waals surface area contributed by atoms with Crippen LogP contribution in [-0.2, 0) is 4.79 Å². The molecule has 5 nitrogen and oxygen atoms in total. The summed E-state index contributed by atoms with van der Waals surface area (Å²) in [5.41, 5.74) is 6.07. The van der Waals surface area contributed by atoms with Crippen molar-refractivity contribution >= 4 is 33.9 Å². The van der Waals surface area contributed by atoms with Crippen LogP contribution in [0.2, 0.25) is 0 Å². The number of anilines is 1. The third-order valence-electron chi connectivity index (χ3n) is 2.40. The molecule has 0 aliphatic carbocycles. The van der Waals surface area contributed by atoms with Gasteiger partial charge in [0.15, 0.2) is 6.29 Å². The minimum Gasteiger partial charge on any atom is -0.326 e. The lowest BCUT2D eigenvalue weighted by Gasteiger charge is -2.16. The Hall–Kier alpha value is -1.27. The number of hydrogen-bond acceptors (Lipinski definition) is 4. The molecule has 0 bridgehead atoms. The van der Waals surface area contributed by atoms with Gasteiger partial charge in [0.1, 0.15) is 5.82 Å². The Kier molecular flexibility index (Phi) is 3.02. The fraction of sp³-hybridized carbons (Fsp3) is 0.300. The van der Waals surface area contributed by atoms with E-state index in [-0.39, 0.29) is 11.9 Å². The van der Waals surface area contributed by atoms with E-state index < -0.39 is 0 Å². The number of amides is 1. The molecule has 0 radical (unpaired) electrons. The van der Waals surface area contributed by atoms with Crippen LogP contribution >= 0.6 is 15.9 Å². The number of halogens is 1. The summed E-state index contributed by atoms with van der Waals surface area (Å²) < 4.78 is 0.703. The van der Waals surface area contributed by atoms with Crippen LogP contribution in [0.4, 0.5) is 5.82 Å². The second-order valence-electron chi connectivity index (χ2n) is 3.65. The van der Waals surface area contributed by atoms with E-state index in [0.717, 1.165) is 0 Å². The Morgan fingerprint density at radius 3 is 2.94 bits per heavy atom. The number of carbonyl (C=O) groups is 2. The van der Waals surface area contributed by atoms with Crippen LogP contribution in [0.25, 0.3) is 0 Å². The maximum absolute atomic E-state index is 11.6. The largest absolute Gasteiger partial charge is 0.326 e. The molecule has 1 aliphatic heterocycles. The molecule has 0 saturated carbocycles. The number of aromatic nitrogens is 1. The molecule has 6 heteroatoms. The lowest BCUT2D eigenvalue weighted by atomic mass is 10.2. The second-order valence-corrected chi connectivity index (χ2v) is 4.57. The summed E-state index contributed by atoms with van der Waals surface area (Å²) >= 11 is 3.22. The van der Waals surface area contributed by atoms with Crippen molar-refractivity contribution in [1.29, 1.82) is 0 Å². The van der Waals surface area contributed by atoms with Crippen molar-refractivity contribution in [2.45, 2.75) is 12.5 Å². The average Bonchev–Trinajstić information content (AvgIpc) is 2.57. The van der Waals surface area contributed by atoms with Gasteiger partial charge < -0.3 is 5.73 Å². The molecule has 84 valence electrons. The van der Waals surface area contributed by atoms with Gasteiger partial charge in [-0.1, -0.05) is 0 Å². The van der Waals surface area contributed by atoms with E-state index in [1.54, 1.807) is 12.3 Å². The predicted molar refractivity (Wildman–Crippen MR) is 62.3 cm³/mol. The highest BCUT2D eigenvalue weighted by atomic mass is 79.9. The normalized spacial score (nSPS) is 20.2. The van der Waals surface area contributed by atoms with Crippen LogP contribution in [0.3, 0.4) is 0 Å². The van der Waals surface area contributed by atoms with Crippen LogP contribution in [-0.4, -0.2) is 29.8 Å². The van der Waals surface area contributed by atoms with E-state index in [2.05, 4.69) is 20.9 Å². The molecule has 1 atom stereocenters. The zero-order chi connectivity index (χ0) is 11.7. The molecule has 1 amide bonds. The van der Waals surface area contributed by atoms with Crippen molar-refractivity contribution in [3.05, 3.63) is 22.3 Å². The molecule has 2 N–H and O–H groups in total. The first-order chi connectivity index (χ1) is 7.61. The highest BCUT2D eigenvalue weighted by molar-refractivity contribution is 9.10. The Bertz CT molecular complexity index is 450. The number of pyridine rings is 1. The van der Waals surface area contributed by atoms with Crippen molar-refractivity contribution in [2.24, 2.45) is 5.73 Å². The highest BCUT2D eigenvalue weighted by Crippen LogP contribution is 2.24. The zero-order valence-electron chi connectivity index (χ0n) is 8.39. The summed E-state index contributed by atoms with van der Waals surface area (Å²) in [6, 6.07) is 1.45. The molecule has 2 heterocycles. The van der Waals surface area contributed by atoms with Crippen molar-refractivity contribution in [3.63, 3.8) is 0 Å². The van der Waals surface area contributed by atoms with E-state index in [9.17, 15) is 9.59 Å². The summed E-state index contributed by atoms with van der Waals surface area (Å²) in [4.78, 5) is 28.1. The lowest BCUT2D eigenvalue weighted by molar-refractivity contribution is -0.117. The molecule has 1 unspecified atom stereocenters. The average molecular weight is 284 g/mol. The molecule has 2 rings (SSSR count). The van der Waals surface area contributed by atoms with E-state index >= 15 is 0 Å². The number of carbonyl (C=O) groups excluding carboxylic acids is 2. The quantitative estimate of drug-likeness (QED) is 0.812. The topological polar surface area (TPSA) is 76.3 Å². The van der Waals surface area contributed by atoms with Gasteiger partial charge in [-0.25, -0.2) is 4.98 Å². The molecule has 1 fully saturated rings. The summed E-state index contributed by atoms with van der Waals surface area (Å²) in [5, 5.41) is 0. The Balaban J connectivity index is 2.40. The van der Waals surface area contributed by atoms with Crippen LogP contribution in [0.15, 0.2) is 16.7 Å². The van der Waals surface area contributed by atoms with E-state index in [0.29, 0.717) is 35.1 Å². The van der Waals surface area contributed by atoms with Gasteiger partial charge in [-0.05, 0) is 22.0 Å². The van der Waals surface area contributed by atoms with Crippen molar-refractivity contribution in [3.8, 4) is 0 Å². The molecule has 0 spiro atoms. The summed E-state index contributed by atoms with van der Waals surface area (Å²) in [5.74, 6) is 0.293. The van der Waals surface area contributed by atoms with Gasteiger partial charge in [0.25, 0.3) is 0 Å². The zero-order valence-corrected chi connectivity index (χ0v) is 9.98. The first-order valence-electron chi connectivity index (χ1n) is 4.78. The molecular formula is C10H10BrN3O2. The smallest absolute Gasteiger partial charge is 0.229 e. The summed E-state index contributed by atoms with van der Waals surface area (Å²) in [6.07, 6.45) is 2.54. The van der Waals surface area contributed by atoms with Crippen LogP contribution in [0.5, 0.6) is 0 Å². The molecule has 1 aromatic heterocycles. The third-order valence-corrected chi connectivity index (χ3v) is 2.83. The molecule has 1 saturated heterocycles. The van der Waals surface area contributed by atoms with Gasteiger partial charge >= 0.3 is 0 Å². The van der Waals surface area contributed by atoms with Gasteiger partial charge in [0.2, 0.25) is 5.91 Å². The summed E-state index contributed by atoms with van der Waals surface area (Å²) in [6.45, 7) is 0.411. The van der Waals surface area contributed by atoms with Crippen molar-refractivity contribution in [2.75, 3.05) is 11.4 Å². The monoisotopic (exact) mass is 283 g/mol. The number of nitrogens with zero attached hydrogens (tertiary/aromatic N) is 2. The summed E-state index contributed by atoms with van der Waals surface area (Å²) in [7, 11) is 0. The number of aldehydes is 1. The SMILES string of the molecule is NC1CC(=O)N(c2ncc(Br)cc2C=O)C1. The van der Waals surface area contributed by atoms with Crippen molar-refractivity contribution < 1.29 is 9.59 Å².